The smallest absolute Gasteiger partial charge is 0.125 e. The van der Waals surface area contributed by atoms with Crippen LogP contribution in [0.3, 0.4) is 0 Å². The Morgan fingerprint density at radius 1 is 1.05 bits per heavy atom. The molecule has 0 bridgehead atoms. The molecule has 1 unspecified atom stereocenters. The number of aliphatic hydroxyl groups excluding tert-OH is 1. The van der Waals surface area contributed by atoms with Crippen LogP contribution >= 0.6 is 0 Å². The number of rotatable bonds is 5. The van der Waals surface area contributed by atoms with Gasteiger partial charge in [0.1, 0.15) is 12.4 Å². The lowest BCUT2D eigenvalue weighted by molar-refractivity contribution is 0.166. The summed E-state index contributed by atoms with van der Waals surface area (Å²) in [5.74, 6) is 0.762. The predicted molar refractivity (Wildman–Crippen MR) is 77.2 cm³/mol. The first-order valence-corrected chi connectivity index (χ1v) is 6.66. The van der Waals surface area contributed by atoms with Gasteiger partial charge >= 0.3 is 0 Å². The molecule has 0 aliphatic carbocycles. The molecule has 1 atom stereocenters. The van der Waals surface area contributed by atoms with Crippen molar-refractivity contribution >= 4 is 0 Å². The van der Waals surface area contributed by atoms with Crippen LogP contribution in [0.1, 0.15) is 36.1 Å². The minimum Gasteiger partial charge on any atom is -0.489 e. The minimum atomic E-state index is -0.464. The predicted octanol–water partition coefficient (Wildman–Crippen LogP) is 4.02. The topological polar surface area (TPSA) is 29.5 Å². The van der Waals surface area contributed by atoms with E-state index in [1.54, 1.807) is 0 Å². The summed E-state index contributed by atoms with van der Waals surface area (Å²) in [7, 11) is 0. The molecule has 2 aromatic rings. The van der Waals surface area contributed by atoms with Gasteiger partial charge < -0.3 is 9.84 Å². The van der Waals surface area contributed by atoms with Gasteiger partial charge in [-0.15, -0.1) is 0 Å². The molecule has 0 radical (unpaired) electrons. The summed E-state index contributed by atoms with van der Waals surface area (Å²) < 4.78 is 5.83. The molecule has 0 heterocycles. The summed E-state index contributed by atoms with van der Waals surface area (Å²) in [6.45, 7) is 4.55. The van der Waals surface area contributed by atoms with Gasteiger partial charge in [0.15, 0.2) is 0 Å². The molecular formula is C17H20O2. The molecule has 2 aromatic carbocycles. The van der Waals surface area contributed by atoms with Gasteiger partial charge in [-0.2, -0.15) is 0 Å². The molecule has 0 saturated carbocycles. The van der Waals surface area contributed by atoms with Crippen LogP contribution in [-0.4, -0.2) is 5.11 Å². The van der Waals surface area contributed by atoms with E-state index < -0.39 is 6.10 Å². The normalized spacial score (nSPS) is 12.2. The van der Waals surface area contributed by atoms with Crippen LogP contribution in [0.5, 0.6) is 5.75 Å². The van der Waals surface area contributed by atoms with Crippen LogP contribution in [0.4, 0.5) is 0 Å². The molecule has 1 N–H and O–H groups in total. The fourth-order valence-corrected chi connectivity index (χ4v) is 1.95. The number of hydrogen-bond donors (Lipinski definition) is 1. The van der Waals surface area contributed by atoms with Crippen molar-refractivity contribution in [3.8, 4) is 5.75 Å². The molecule has 19 heavy (non-hydrogen) atoms. The third kappa shape index (κ3) is 3.58. The Bertz CT molecular complexity index is 517. The standard InChI is InChI=1S/C17H20O2/c1-3-16(18)15-6-4-5-7-17(15)19-12-14-10-8-13(2)9-11-14/h4-11,16,18H,3,12H2,1-2H3. The van der Waals surface area contributed by atoms with Gasteiger partial charge in [-0.3, -0.25) is 0 Å². The van der Waals surface area contributed by atoms with Gasteiger partial charge in [0.25, 0.3) is 0 Å². The summed E-state index contributed by atoms with van der Waals surface area (Å²) in [5, 5.41) is 9.96. The Kier molecular flexibility index (Phi) is 4.58. The van der Waals surface area contributed by atoms with Crippen LogP contribution in [-0.2, 0) is 6.61 Å². The first-order chi connectivity index (χ1) is 9.20. The third-order valence-electron chi connectivity index (χ3n) is 3.18. The van der Waals surface area contributed by atoms with E-state index in [-0.39, 0.29) is 0 Å². The van der Waals surface area contributed by atoms with E-state index in [2.05, 4.69) is 31.2 Å². The van der Waals surface area contributed by atoms with Crippen LogP contribution < -0.4 is 4.74 Å². The molecule has 0 saturated heterocycles. The molecule has 0 aliphatic heterocycles. The van der Waals surface area contributed by atoms with E-state index >= 15 is 0 Å². The van der Waals surface area contributed by atoms with E-state index in [9.17, 15) is 5.11 Å². The summed E-state index contributed by atoms with van der Waals surface area (Å²) in [6, 6.07) is 15.9. The second-order valence-electron chi connectivity index (χ2n) is 4.74. The van der Waals surface area contributed by atoms with E-state index in [4.69, 9.17) is 4.74 Å². The lowest BCUT2D eigenvalue weighted by Crippen LogP contribution is -2.02. The van der Waals surface area contributed by atoms with Gasteiger partial charge in [0, 0.05) is 5.56 Å². The van der Waals surface area contributed by atoms with E-state index in [0.29, 0.717) is 13.0 Å². The van der Waals surface area contributed by atoms with Gasteiger partial charge in [-0.1, -0.05) is 55.0 Å². The van der Waals surface area contributed by atoms with Crippen molar-refractivity contribution in [1.29, 1.82) is 0 Å². The fraction of sp³-hybridized carbons (Fsp3) is 0.294. The lowest BCUT2D eigenvalue weighted by Gasteiger charge is -2.15. The monoisotopic (exact) mass is 256 g/mol. The average Bonchev–Trinajstić information content (AvgIpc) is 2.46. The highest BCUT2D eigenvalue weighted by molar-refractivity contribution is 5.35. The van der Waals surface area contributed by atoms with E-state index in [1.165, 1.54) is 5.56 Å². The van der Waals surface area contributed by atoms with Crippen molar-refractivity contribution < 1.29 is 9.84 Å². The highest BCUT2D eigenvalue weighted by atomic mass is 16.5. The fourth-order valence-electron chi connectivity index (χ4n) is 1.95. The Morgan fingerprint density at radius 3 is 2.42 bits per heavy atom. The molecular weight excluding hydrogens is 236 g/mol. The highest BCUT2D eigenvalue weighted by Crippen LogP contribution is 2.27. The van der Waals surface area contributed by atoms with Crippen LogP contribution in [0.25, 0.3) is 0 Å². The van der Waals surface area contributed by atoms with Crippen molar-refractivity contribution in [3.63, 3.8) is 0 Å². The van der Waals surface area contributed by atoms with Crippen molar-refractivity contribution in [2.45, 2.75) is 33.0 Å². The zero-order chi connectivity index (χ0) is 13.7. The van der Waals surface area contributed by atoms with Crippen molar-refractivity contribution in [2.24, 2.45) is 0 Å². The third-order valence-corrected chi connectivity index (χ3v) is 3.18. The number of para-hydroxylation sites is 1. The molecule has 2 nitrogen and oxygen atoms in total. The molecule has 2 heteroatoms. The molecule has 2 rings (SSSR count). The molecule has 100 valence electrons. The van der Waals surface area contributed by atoms with Crippen molar-refractivity contribution in [1.82, 2.24) is 0 Å². The highest BCUT2D eigenvalue weighted by Gasteiger charge is 2.10. The molecule has 0 aromatic heterocycles. The summed E-state index contributed by atoms with van der Waals surface area (Å²) in [4.78, 5) is 0. The quantitative estimate of drug-likeness (QED) is 0.875. The second-order valence-corrected chi connectivity index (χ2v) is 4.74. The SMILES string of the molecule is CCC(O)c1ccccc1OCc1ccc(C)cc1. The Balaban J connectivity index is 2.09. The van der Waals surface area contributed by atoms with Crippen LogP contribution in [0, 0.1) is 6.92 Å². The first-order valence-electron chi connectivity index (χ1n) is 6.66. The summed E-state index contributed by atoms with van der Waals surface area (Å²) >= 11 is 0. The Morgan fingerprint density at radius 2 is 1.74 bits per heavy atom. The first kappa shape index (κ1) is 13.6. The molecule has 0 aliphatic rings. The number of hydrogen-bond acceptors (Lipinski definition) is 2. The molecule has 0 spiro atoms. The van der Waals surface area contributed by atoms with Crippen molar-refractivity contribution in [2.75, 3.05) is 0 Å². The number of aryl methyl sites for hydroxylation is 1. The van der Waals surface area contributed by atoms with Crippen LogP contribution in [0.2, 0.25) is 0 Å². The molecule has 0 fully saturated rings. The number of ether oxygens (including phenoxy) is 1. The van der Waals surface area contributed by atoms with Crippen LogP contribution in [0.15, 0.2) is 48.5 Å². The summed E-state index contributed by atoms with van der Waals surface area (Å²) in [5.41, 5.74) is 3.23. The Hall–Kier alpha value is -1.80. The maximum Gasteiger partial charge on any atom is 0.125 e. The van der Waals surface area contributed by atoms with Gasteiger partial charge in [-0.25, -0.2) is 0 Å². The second kappa shape index (κ2) is 6.39. The average molecular weight is 256 g/mol. The van der Waals surface area contributed by atoms with E-state index in [0.717, 1.165) is 16.9 Å². The Labute approximate surface area is 114 Å². The lowest BCUT2D eigenvalue weighted by atomic mass is 10.1. The van der Waals surface area contributed by atoms with Gasteiger partial charge in [-0.05, 0) is 25.0 Å². The largest absolute Gasteiger partial charge is 0.489 e. The van der Waals surface area contributed by atoms with E-state index in [1.807, 2.05) is 31.2 Å². The minimum absolute atomic E-state index is 0.464. The zero-order valence-corrected chi connectivity index (χ0v) is 11.5. The van der Waals surface area contributed by atoms with Gasteiger partial charge in [0.2, 0.25) is 0 Å². The maximum absolute atomic E-state index is 9.96. The van der Waals surface area contributed by atoms with Gasteiger partial charge in [0.05, 0.1) is 6.10 Å². The zero-order valence-electron chi connectivity index (χ0n) is 11.5. The maximum atomic E-state index is 9.96. The summed E-state index contributed by atoms with van der Waals surface area (Å²) in [6.07, 6.45) is 0.222. The molecule has 0 amide bonds. The number of benzene rings is 2. The van der Waals surface area contributed by atoms with Crippen molar-refractivity contribution in [3.05, 3.63) is 65.2 Å². The number of aliphatic hydroxyl groups is 1.